The van der Waals surface area contributed by atoms with E-state index < -0.39 is 45.0 Å². The van der Waals surface area contributed by atoms with Crippen LogP contribution in [0.25, 0.3) is 0 Å². The summed E-state index contributed by atoms with van der Waals surface area (Å²) in [4.78, 5) is 46.5. The second kappa shape index (κ2) is 4.59. The summed E-state index contributed by atoms with van der Waals surface area (Å²) < 4.78 is 0. The van der Waals surface area contributed by atoms with E-state index in [0.717, 1.165) is 0 Å². The first-order valence-corrected chi connectivity index (χ1v) is 4.52. The highest BCUT2D eigenvalue weighted by Gasteiger charge is 2.32. The van der Waals surface area contributed by atoms with Crippen molar-refractivity contribution in [1.82, 2.24) is 0 Å². The van der Waals surface area contributed by atoms with Crippen molar-refractivity contribution in [2.75, 3.05) is 0 Å². The van der Waals surface area contributed by atoms with E-state index in [1.54, 1.807) is 0 Å². The zero-order valence-corrected chi connectivity index (χ0v) is 9.03. The third kappa shape index (κ3) is 2.19. The molecule has 2 rings (SSSR count). The largest absolute Gasteiger partial charge is 0.515 e. The zero-order chi connectivity index (χ0) is 14.9. The summed E-state index contributed by atoms with van der Waals surface area (Å²) in [5, 5.41) is 33.2. The molecule has 0 fully saturated rings. The number of hydrogen-bond acceptors (Lipinski definition) is 12. The van der Waals surface area contributed by atoms with Gasteiger partial charge in [-0.05, 0) is 0 Å². The molecule has 0 N–H and O–H groups in total. The highest BCUT2D eigenvalue weighted by molar-refractivity contribution is 6.36. The Kier molecular flexibility index (Phi) is 2.96. The average molecular weight is 280 g/mol. The van der Waals surface area contributed by atoms with Crippen LogP contribution < -0.4 is 0 Å². The van der Waals surface area contributed by atoms with Crippen molar-refractivity contribution in [2.45, 2.75) is 0 Å². The molecule has 20 heavy (non-hydrogen) atoms. The number of nitro groups is 2. The molecule has 2 heterocycles. The lowest BCUT2D eigenvalue weighted by molar-refractivity contribution is -0.393. The number of amides is 2. The number of nitrogens with zero attached hydrogens (tertiary/aromatic N) is 8. The molecule has 0 bridgehead atoms. The van der Waals surface area contributed by atoms with Crippen molar-refractivity contribution in [3.8, 4) is 0 Å². The second-order valence-corrected chi connectivity index (χ2v) is 3.04. The Bertz CT molecular complexity index is 651. The lowest BCUT2D eigenvalue weighted by atomic mass is 10.5. The summed E-state index contributed by atoms with van der Waals surface area (Å²) in [5.41, 5.74) is 0. The lowest BCUT2D eigenvalue weighted by Gasteiger charge is -1.86. The SMILES string of the molecule is O=C(C1=NC(=C2N=NC(C(=O)[N+](=O)[O-])=N2)N=N1)[N+](=O)[O-]. The summed E-state index contributed by atoms with van der Waals surface area (Å²) in [7, 11) is 0. The Morgan fingerprint density at radius 3 is 1.40 bits per heavy atom. The number of aliphatic imine (C=N–C) groups is 2. The molecule has 0 radical (unpaired) electrons. The maximum Gasteiger partial charge on any atom is 0.515 e. The van der Waals surface area contributed by atoms with Crippen LogP contribution in [0.15, 0.2) is 42.1 Å². The van der Waals surface area contributed by atoms with Crippen LogP contribution in [0.5, 0.6) is 0 Å². The first-order chi connectivity index (χ1) is 9.40. The Hall–Kier alpha value is -3.58. The van der Waals surface area contributed by atoms with Crippen LogP contribution in [0.1, 0.15) is 0 Å². The third-order valence-electron chi connectivity index (χ3n) is 1.82. The van der Waals surface area contributed by atoms with Gasteiger partial charge < -0.3 is 0 Å². The molecule has 14 heteroatoms. The van der Waals surface area contributed by atoms with Crippen molar-refractivity contribution >= 4 is 23.5 Å². The fraction of sp³-hybridized carbons (Fsp3) is 0. The Balaban J connectivity index is 2.31. The number of carbonyl (C=O) groups is 2. The number of hydrogen-bond donors (Lipinski definition) is 0. The zero-order valence-electron chi connectivity index (χ0n) is 9.03. The molecule has 0 aliphatic carbocycles. The molecule has 0 atom stereocenters. The normalized spacial score (nSPS) is 19.8. The Morgan fingerprint density at radius 1 is 0.750 bits per heavy atom. The molecule has 0 unspecified atom stereocenters. The summed E-state index contributed by atoms with van der Waals surface area (Å²) in [6, 6.07) is 0. The van der Waals surface area contributed by atoms with E-state index in [2.05, 4.69) is 30.4 Å². The molecule has 14 nitrogen and oxygen atoms in total. The van der Waals surface area contributed by atoms with Crippen LogP contribution in [-0.2, 0) is 9.59 Å². The van der Waals surface area contributed by atoms with Crippen molar-refractivity contribution in [2.24, 2.45) is 30.4 Å². The molecule has 0 spiro atoms. The van der Waals surface area contributed by atoms with Gasteiger partial charge in [0.25, 0.3) is 11.7 Å². The van der Waals surface area contributed by atoms with Crippen LogP contribution in [0.4, 0.5) is 0 Å². The molecule has 2 aliphatic heterocycles. The third-order valence-corrected chi connectivity index (χ3v) is 1.82. The number of carbonyl (C=O) groups excluding carboxylic acids is 2. The van der Waals surface area contributed by atoms with E-state index in [1.165, 1.54) is 0 Å². The summed E-state index contributed by atoms with van der Waals surface area (Å²) >= 11 is 0. The average Bonchev–Trinajstić information content (AvgIpc) is 3.05. The van der Waals surface area contributed by atoms with E-state index in [4.69, 9.17) is 0 Å². The molecule has 2 aliphatic rings. The maximum absolute atomic E-state index is 10.9. The Labute approximate surface area is 106 Å². The fourth-order valence-corrected chi connectivity index (χ4v) is 1.01. The van der Waals surface area contributed by atoms with Gasteiger partial charge in [0.05, 0.1) is 0 Å². The van der Waals surface area contributed by atoms with Crippen LogP contribution in [0.3, 0.4) is 0 Å². The molecular weight excluding hydrogens is 280 g/mol. The van der Waals surface area contributed by atoms with Gasteiger partial charge in [-0.25, -0.2) is 9.59 Å². The number of amidine groups is 2. The van der Waals surface area contributed by atoms with Crippen LogP contribution >= 0.6 is 0 Å². The molecule has 2 amide bonds. The van der Waals surface area contributed by atoms with Crippen LogP contribution in [0.2, 0.25) is 0 Å². The molecule has 0 saturated heterocycles. The lowest BCUT2D eigenvalue weighted by Crippen LogP contribution is -2.19. The highest BCUT2D eigenvalue weighted by Crippen LogP contribution is 2.21. The van der Waals surface area contributed by atoms with Gasteiger partial charge in [-0.2, -0.15) is 9.98 Å². The predicted octanol–water partition coefficient (Wildman–Crippen LogP) is -0.552. The standard InChI is InChI=1S/C6N8O6/c15-5(13(17)18)3-7-1(9-11-3)2-8-4(12-10-2)6(16)14(19)20. The van der Waals surface area contributed by atoms with Crippen LogP contribution in [0, 0.1) is 20.2 Å². The van der Waals surface area contributed by atoms with Crippen molar-refractivity contribution in [3.63, 3.8) is 0 Å². The first kappa shape index (κ1) is 12.9. The van der Waals surface area contributed by atoms with Crippen molar-refractivity contribution in [3.05, 3.63) is 31.9 Å². The molecule has 0 aromatic carbocycles. The van der Waals surface area contributed by atoms with E-state index in [0.29, 0.717) is 0 Å². The van der Waals surface area contributed by atoms with Crippen molar-refractivity contribution < 1.29 is 19.4 Å². The minimum absolute atomic E-state index is 0.426. The summed E-state index contributed by atoms with van der Waals surface area (Å²) in [5.74, 6) is -5.65. The topological polar surface area (TPSA) is 195 Å². The molecule has 0 saturated carbocycles. The van der Waals surface area contributed by atoms with Crippen LogP contribution in [-0.4, -0.2) is 33.3 Å². The molecule has 100 valence electrons. The molecule has 0 aromatic heterocycles. The monoisotopic (exact) mass is 280 g/mol. The minimum atomic E-state index is -1.59. The van der Waals surface area contributed by atoms with E-state index in [-0.39, 0.29) is 0 Å². The van der Waals surface area contributed by atoms with Gasteiger partial charge in [-0.3, -0.25) is 20.2 Å². The Morgan fingerprint density at radius 2 is 1.10 bits per heavy atom. The van der Waals surface area contributed by atoms with Crippen molar-refractivity contribution in [1.29, 1.82) is 0 Å². The van der Waals surface area contributed by atoms with E-state index >= 15 is 0 Å². The highest BCUT2D eigenvalue weighted by atomic mass is 16.6. The second-order valence-electron chi connectivity index (χ2n) is 3.04. The summed E-state index contributed by atoms with van der Waals surface area (Å²) in [6.45, 7) is 0. The number of rotatable bonds is 2. The number of azo groups is 2. The van der Waals surface area contributed by atoms with Gasteiger partial charge in [0.1, 0.15) is 9.85 Å². The maximum atomic E-state index is 10.9. The smallest absolute Gasteiger partial charge is 0.255 e. The van der Waals surface area contributed by atoms with Gasteiger partial charge in [0.2, 0.25) is 11.6 Å². The predicted molar refractivity (Wildman–Crippen MR) is 55.6 cm³/mol. The van der Waals surface area contributed by atoms with Gasteiger partial charge in [-0.1, -0.05) is 0 Å². The van der Waals surface area contributed by atoms with Gasteiger partial charge in [0.15, 0.2) is 0 Å². The van der Waals surface area contributed by atoms with Gasteiger partial charge >= 0.3 is 11.8 Å². The van der Waals surface area contributed by atoms with E-state index in [1.807, 2.05) is 0 Å². The summed E-state index contributed by atoms with van der Waals surface area (Å²) in [6.07, 6.45) is 0. The van der Waals surface area contributed by atoms with Gasteiger partial charge in [0, 0.05) is 0 Å². The first-order valence-electron chi connectivity index (χ1n) is 4.52. The fourth-order valence-electron chi connectivity index (χ4n) is 1.01. The molecule has 0 aromatic rings. The van der Waals surface area contributed by atoms with E-state index in [9.17, 15) is 29.8 Å². The van der Waals surface area contributed by atoms with Gasteiger partial charge in [-0.15, -0.1) is 20.5 Å². The minimum Gasteiger partial charge on any atom is -0.255 e. The molecular formula is C6N8O6. The quantitative estimate of drug-likeness (QED) is 0.480.